The Bertz CT molecular complexity index is 887. The highest BCUT2D eigenvalue weighted by molar-refractivity contribution is 7.99. The number of aromatic nitrogens is 2. The van der Waals surface area contributed by atoms with Gasteiger partial charge in [0.15, 0.2) is 11.5 Å². The molecule has 128 valence electrons. The summed E-state index contributed by atoms with van der Waals surface area (Å²) in [6.07, 6.45) is 0. The number of ether oxygens (including phenoxy) is 3. The average molecular weight is 377 g/mol. The van der Waals surface area contributed by atoms with Crippen LogP contribution in [-0.4, -0.2) is 29.4 Å². The molecule has 2 heterocycles. The molecule has 4 rings (SSSR count). The van der Waals surface area contributed by atoms with Crippen molar-refractivity contribution < 1.29 is 18.6 Å². The number of hydrogen-bond acceptors (Lipinski definition) is 7. The van der Waals surface area contributed by atoms with Gasteiger partial charge in [0.25, 0.3) is 5.22 Å². The SMILES string of the molecule is Clc1ccccc1OCCSc1nnc(-c2ccc3c(c2)OCO3)o1. The normalized spacial score (nSPS) is 12.4. The first-order chi connectivity index (χ1) is 12.3. The summed E-state index contributed by atoms with van der Waals surface area (Å²) >= 11 is 7.46. The van der Waals surface area contributed by atoms with Crippen LogP contribution >= 0.6 is 23.4 Å². The lowest BCUT2D eigenvalue weighted by atomic mass is 10.2. The van der Waals surface area contributed by atoms with Crippen LogP contribution in [0.15, 0.2) is 52.1 Å². The molecular weight excluding hydrogens is 364 g/mol. The van der Waals surface area contributed by atoms with Gasteiger partial charge in [0.1, 0.15) is 5.75 Å². The third kappa shape index (κ3) is 3.67. The maximum atomic E-state index is 6.04. The third-order valence-electron chi connectivity index (χ3n) is 3.43. The number of thioether (sulfide) groups is 1. The summed E-state index contributed by atoms with van der Waals surface area (Å²) in [5.74, 6) is 3.16. The van der Waals surface area contributed by atoms with Gasteiger partial charge in [-0.15, -0.1) is 10.2 Å². The van der Waals surface area contributed by atoms with Gasteiger partial charge in [0, 0.05) is 11.3 Å². The molecule has 0 saturated heterocycles. The molecule has 0 radical (unpaired) electrons. The van der Waals surface area contributed by atoms with E-state index in [4.69, 9.17) is 30.2 Å². The van der Waals surface area contributed by atoms with E-state index in [2.05, 4.69) is 10.2 Å². The largest absolute Gasteiger partial charge is 0.491 e. The summed E-state index contributed by atoms with van der Waals surface area (Å²) < 4.78 is 21.9. The highest BCUT2D eigenvalue weighted by Crippen LogP contribution is 2.36. The number of benzene rings is 2. The van der Waals surface area contributed by atoms with E-state index in [1.165, 1.54) is 11.8 Å². The second-order valence-electron chi connectivity index (χ2n) is 5.07. The molecule has 2 aromatic carbocycles. The third-order valence-corrected chi connectivity index (χ3v) is 4.52. The Kier molecular flexibility index (Phi) is 4.67. The van der Waals surface area contributed by atoms with Crippen LogP contribution in [0.3, 0.4) is 0 Å². The van der Waals surface area contributed by atoms with Gasteiger partial charge in [-0.25, -0.2) is 0 Å². The Morgan fingerprint density at radius 3 is 2.88 bits per heavy atom. The zero-order valence-electron chi connectivity index (χ0n) is 13.0. The average Bonchev–Trinajstić information content (AvgIpc) is 3.28. The molecule has 8 heteroatoms. The van der Waals surface area contributed by atoms with Gasteiger partial charge in [-0.1, -0.05) is 35.5 Å². The van der Waals surface area contributed by atoms with Gasteiger partial charge < -0.3 is 18.6 Å². The molecule has 1 aliphatic rings. The summed E-state index contributed by atoms with van der Waals surface area (Å²) in [6, 6.07) is 12.9. The Balaban J connectivity index is 1.33. The maximum Gasteiger partial charge on any atom is 0.276 e. The lowest BCUT2D eigenvalue weighted by Gasteiger charge is -2.06. The van der Waals surface area contributed by atoms with Crippen molar-refractivity contribution in [1.29, 1.82) is 0 Å². The molecule has 1 aliphatic heterocycles. The lowest BCUT2D eigenvalue weighted by Crippen LogP contribution is -2.00. The molecule has 0 bridgehead atoms. The van der Waals surface area contributed by atoms with E-state index < -0.39 is 0 Å². The molecule has 0 saturated carbocycles. The summed E-state index contributed by atoms with van der Waals surface area (Å²) in [4.78, 5) is 0. The molecule has 25 heavy (non-hydrogen) atoms. The van der Waals surface area contributed by atoms with Crippen molar-refractivity contribution >= 4 is 23.4 Å². The van der Waals surface area contributed by atoms with Crippen molar-refractivity contribution in [2.75, 3.05) is 19.2 Å². The number of para-hydroxylation sites is 1. The van der Waals surface area contributed by atoms with Crippen LogP contribution in [0, 0.1) is 0 Å². The minimum Gasteiger partial charge on any atom is -0.491 e. The van der Waals surface area contributed by atoms with Gasteiger partial charge in [-0.05, 0) is 30.3 Å². The van der Waals surface area contributed by atoms with Crippen molar-refractivity contribution in [3.05, 3.63) is 47.5 Å². The van der Waals surface area contributed by atoms with Crippen molar-refractivity contribution in [1.82, 2.24) is 10.2 Å². The molecule has 0 aliphatic carbocycles. The monoisotopic (exact) mass is 376 g/mol. The topological polar surface area (TPSA) is 66.6 Å². The van der Waals surface area contributed by atoms with Crippen LogP contribution in [0.1, 0.15) is 0 Å². The highest BCUT2D eigenvalue weighted by atomic mass is 35.5. The lowest BCUT2D eigenvalue weighted by molar-refractivity contribution is 0.174. The number of nitrogens with zero attached hydrogens (tertiary/aromatic N) is 2. The van der Waals surface area contributed by atoms with Crippen LogP contribution in [0.5, 0.6) is 17.2 Å². The number of fused-ring (bicyclic) bond motifs is 1. The second kappa shape index (κ2) is 7.25. The van der Waals surface area contributed by atoms with E-state index in [1.54, 1.807) is 6.07 Å². The first-order valence-electron chi connectivity index (χ1n) is 7.53. The van der Waals surface area contributed by atoms with E-state index >= 15 is 0 Å². The highest BCUT2D eigenvalue weighted by Gasteiger charge is 2.16. The first-order valence-corrected chi connectivity index (χ1v) is 8.89. The molecule has 1 aromatic heterocycles. The summed E-state index contributed by atoms with van der Waals surface area (Å²) in [6.45, 7) is 0.714. The zero-order valence-corrected chi connectivity index (χ0v) is 14.5. The predicted octanol–water partition coefficient (Wildman–Crippen LogP) is 4.29. The maximum absolute atomic E-state index is 6.04. The van der Waals surface area contributed by atoms with Crippen LogP contribution in [-0.2, 0) is 0 Å². The Morgan fingerprint density at radius 2 is 1.96 bits per heavy atom. The molecule has 0 amide bonds. The van der Waals surface area contributed by atoms with Gasteiger partial charge in [-0.3, -0.25) is 0 Å². The quantitative estimate of drug-likeness (QED) is 0.469. The molecular formula is C17H13ClN2O4S. The fourth-order valence-electron chi connectivity index (χ4n) is 2.26. The van der Waals surface area contributed by atoms with Crippen LogP contribution < -0.4 is 14.2 Å². The van der Waals surface area contributed by atoms with Crippen LogP contribution in [0.2, 0.25) is 5.02 Å². The second-order valence-corrected chi connectivity index (χ2v) is 6.52. The summed E-state index contributed by atoms with van der Waals surface area (Å²) in [5, 5.41) is 9.18. The number of rotatable bonds is 6. The van der Waals surface area contributed by atoms with Gasteiger partial charge in [0.2, 0.25) is 12.7 Å². The van der Waals surface area contributed by atoms with E-state index in [9.17, 15) is 0 Å². The van der Waals surface area contributed by atoms with Crippen LogP contribution in [0.4, 0.5) is 0 Å². The molecule has 0 spiro atoms. The molecule has 6 nitrogen and oxygen atoms in total. The van der Waals surface area contributed by atoms with E-state index in [0.29, 0.717) is 40.0 Å². The summed E-state index contributed by atoms with van der Waals surface area (Å²) in [5.41, 5.74) is 0.788. The van der Waals surface area contributed by atoms with Crippen molar-refractivity contribution in [3.8, 4) is 28.7 Å². The van der Waals surface area contributed by atoms with Crippen molar-refractivity contribution in [2.24, 2.45) is 0 Å². The van der Waals surface area contributed by atoms with Gasteiger partial charge in [-0.2, -0.15) is 0 Å². The van der Waals surface area contributed by atoms with E-state index in [-0.39, 0.29) is 6.79 Å². The van der Waals surface area contributed by atoms with E-state index in [0.717, 1.165) is 11.3 Å². The standard InChI is InChI=1S/C17H13ClN2O4S/c18-12-3-1-2-4-13(12)21-7-8-25-17-20-19-16(24-17)11-5-6-14-15(9-11)23-10-22-14/h1-6,9H,7-8,10H2. The van der Waals surface area contributed by atoms with Crippen LogP contribution in [0.25, 0.3) is 11.5 Å². The predicted molar refractivity (Wildman–Crippen MR) is 93.5 cm³/mol. The zero-order chi connectivity index (χ0) is 17.1. The summed E-state index contributed by atoms with van der Waals surface area (Å²) in [7, 11) is 0. The smallest absolute Gasteiger partial charge is 0.276 e. The fourth-order valence-corrected chi connectivity index (χ4v) is 3.02. The molecule has 0 unspecified atom stereocenters. The minimum absolute atomic E-state index is 0.231. The number of halogens is 1. The molecule has 3 aromatic rings. The first kappa shape index (κ1) is 16.1. The number of hydrogen-bond donors (Lipinski definition) is 0. The van der Waals surface area contributed by atoms with Crippen molar-refractivity contribution in [3.63, 3.8) is 0 Å². The molecule has 0 fully saturated rings. The Morgan fingerprint density at radius 1 is 1.08 bits per heavy atom. The Labute approximate surface area is 153 Å². The molecule has 0 N–H and O–H groups in total. The van der Waals surface area contributed by atoms with E-state index in [1.807, 2.05) is 36.4 Å². The Hall–Kier alpha value is -2.38. The van der Waals surface area contributed by atoms with Gasteiger partial charge in [0.05, 0.1) is 11.6 Å². The van der Waals surface area contributed by atoms with Crippen molar-refractivity contribution in [2.45, 2.75) is 5.22 Å². The molecule has 0 atom stereocenters. The fraction of sp³-hybridized carbons (Fsp3) is 0.176. The van der Waals surface area contributed by atoms with Gasteiger partial charge >= 0.3 is 0 Å². The minimum atomic E-state index is 0.231.